The number of alkyl halides is 2. The van der Waals surface area contributed by atoms with Crippen LogP contribution in [0, 0.1) is 5.92 Å². The van der Waals surface area contributed by atoms with E-state index in [4.69, 9.17) is 4.74 Å². The van der Waals surface area contributed by atoms with Crippen molar-refractivity contribution in [3.63, 3.8) is 0 Å². The molecule has 114 valence electrons. The molecule has 2 saturated heterocycles. The zero-order valence-electron chi connectivity index (χ0n) is 12.0. The van der Waals surface area contributed by atoms with Crippen LogP contribution >= 0.6 is 0 Å². The van der Waals surface area contributed by atoms with E-state index in [9.17, 15) is 18.4 Å². The summed E-state index contributed by atoms with van der Waals surface area (Å²) in [5, 5.41) is 0. The molecule has 0 aliphatic carbocycles. The first-order valence-electron chi connectivity index (χ1n) is 6.72. The molecule has 0 radical (unpaired) electrons. The highest BCUT2D eigenvalue weighted by atomic mass is 19.3. The maximum atomic E-state index is 12.7. The fourth-order valence-electron chi connectivity index (χ4n) is 2.38. The third-order valence-electron chi connectivity index (χ3n) is 3.35. The van der Waals surface area contributed by atoms with E-state index < -0.39 is 36.6 Å². The van der Waals surface area contributed by atoms with E-state index >= 15 is 0 Å². The summed E-state index contributed by atoms with van der Waals surface area (Å²) >= 11 is 0. The van der Waals surface area contributed by atoms with Crippen LogP contribution in [0.1, 0.15) is 27.2 Å². The molecule has 2 aliphatic rings. The van der Waals surface area contributed by atoms with Gasteiger partial charge in [-0.1, -0.05) is 0 Å². The fraction of sp³-hybridized carbons (Fsp3) is 0.846. The van der Waals surface area contributed by atoms with Crippen LogP contribution < -0.4 is 0 Å². The minimum Gasteiger partial charge on any atom is -0.444 e. The smallest absolute Gasteiger partial charge is 0.410 e. The number of halogens is 2. The maximum Gasteiger partial charge on any atom is 0.410 e. The molecular weight excluding hydrogens is 270 g/mol. The Morgan fingerprint density at radius 3 is 2.30 bits per heavy atom. The normalized spacial score (nSPS) is 25.4. The summed E-state index contributed by atoms with van der Waals surface area (Å²) in [6.45, 7) is 4.97. The number of likely N-dealkylation sites (tertiary alicyclic amines) is 2. The van der Waals surface area contributed by atoms with Crippen LogP contribution in [0.3, 0.4) is 0 Å². The highest BCUT2D eigenvalue weighted by Gasteiger charge is 2.48. The first kappa shape index (κ1) is 15.0. The molecule has 2 amide bonds. The van der Waals surface area contributed by atoms with Gasteiger partial charge in [-0.25, -0.2) is 13.6 Å². The molecule has 0 saturated carbocycles. The molecule has 1 atom stereocenters. The quantitative estimate of drug-likeness (QED) is 0.739. The second-order valence-electron chi connectivity index (χ2n) is 6.46. The third-order valence-corrected chi connectivity index (χ3v) is 3.35. The lowest BCUT2D eigenvalue weighted by Gasteiger charge is -2.40. The Balaban J connectivity index is 1.83. The largest absolute Gasteiger partial charge is 0.444 e. The van der Waals surface area contributed by atoms with Gasteiger partial charge in [0.15, 0.2) is 0 Å². The van der Waals surface area contributed by atoms with Crippen LogP contribution in [0.15, 0.2) is 0 Å². The predicted molar refractivity (Wildman–Crippen MR) is 67.4 cm³/mol. The molecule has 5 nitrogen and oxygen atoms in total. The van der Waals surface area contributed by atoms with Crippen molar-refractivity contribution in [3.05, 3.63) is 0 Å². The maximum absolute atomic E-state index is 12.7. The number of hydrogen-bond donors (Lipinski definition) is 0. The van der Waals surface area contributed by atoms with Crippen molar-refractivity contribution in [1.82, 2.24) is 9.80 Å². The molecule has 0 N–H and O–H groups in total. The van der Waals surface area contributed by atoms with Gasteiger partial charge in [0.25, 0.3) is 5.92 Å². The van der Waals surface area contributed by atoms with Crippen molar-refractivity contribution < 1.29 is 23.1 Å². The minimum absolute atomic E-state index is 0.246. The van der Waals surface area contributed by atoms with Gasteiger partial charge in [0, 0.05) is 13.1 Å². The summed E-state index contributed by atoms with van der Waals surface area (Å²) in [5.74, 6) is -3.43. The van der Waals surface area contributed by atoms with Gasteiger partial charge in [-0.2, -0.15) is 0 Å². The second-order valence-corrected chi connectivity index (χ2v) is 6.46. The molecule has 0 aromatic rings. The summed E-state index contributed by atoms with van der Waals surface area (Å²) in [4.78, 5) is 26.4. The molecular formula is C13H20F2N2O3. The highest BCUT2D eigenvalue weighted by molar-refractivity contribution is 5.81. The Morgan fingerprint density at radius 1 is 1.20 bits per heavy atom. The van der Waals surface area contributed by atoms with Gasteiger partial charge >= 0.3 is 6.09 Å². The number of hydrogen-bond acceptors (Lipinski definition) is 3. The Morgan fingerprint density at radius 2 is 1.80 bits per heavy atom. The molecule has 2 aliphatic heterocycles. The van der Waals surface area contributed by atoms with Gasteiger partial charge in [0.1, 0.15) is 5.60 Å². The Bertz CT molecular complexity index is 412. The summed E-state index contributed by atoms with van der Waals surface area (Å²) in [5.41, 5.74) is -0.585. The van der Waals surface area contributed by atoms with Crippen LogP contribution in [0.2, 0.25) is 0 Å². The van der Waals surface area contributed by atoms with Gasteiger partial charge in [0.2, 0.25) is 5.91 Å². The summed E-state index contributed by atoms with van der Waals surface area (Å²) in [7, 11) is 0. The first-order chi connectivity index (χ1) is 9.07. The van der Waals surface area contributed by atoms with Crippen molar-refractivity contribution >= 4 is 12.0 Å². The van der Waals surface area contributed by atoms with E-state index in [0.717, 1.165) is 4.90 Å². The molecule has 20 heavy (non-hydrogen) atoms. The SMILES string of the molecule is CC(C)(C)OC(=O)N1CCC(C(=O)N2CC(F)(F)C2)C1. The van der Waals surface area contributed by atoms with Crippen molar-refractivity contribution in [2.45, 2.75) is 38.7 Å². The molecule has 2 rings (SSSR count). The molecule has 0 aromatic heterocycles. The van der Waals surface area contributed by atoms with Gasteiger partial charge in [-0.15, -0.1) is 0 Å². The molecule has 0 bridgehead atoms. The Hall–Kier alpha value is -1.40. The number of amides is 2. The molecule has 0 spiro atoms. The van der Waals surface area contributed by atoms with Crippen LogP contribution in [-0.2, 0) is 9.53 Å². The van der Waals surface area contributed by atoms with Crippen LogP contribution in [0.25, 0.3) is 0 Å². The summed E-state index contributed by atoms with van der Waals surface area (Å²) in [6, 6.07) is 0. The highest BCUT2D eigenvalue weighted by Crippen LogP contribution is 2.30. The third kappa shape index (κ3) is 3.37. The van der Waals surface area contributed by atoms with Gasteiger partial charge in [0.05, 0.1) is 19.0 Å². The lowest BCUT2D eigenvalue weighted by molar-refractivity contribution is -0.169. The molecule has 2 fully saturated rings. The summed E-state index contributed by atoms with van der Waals surface area (Å²) < 4.78 is 30.7. The van der Waals surface area contributed by atoms with Gasteiger partial charge in [-0.05, 0) is 27.2 Å². The Kier molecular flexibility index (Phi) is 3.64. The number of nitrogens with zero attached hydrogens (tertiary/aromatic N) is 2. The van der Waals surface area contributed by atoms with E-state index in [1.54, 1.807) is 20.8 Å². The standard InChI is InChI=1S/C13H20F2N2O3/c1-12(2,3)20-11(19)16-5-4-9(6-16)10(18)17-7-13(14,15)8-17/h9H,4-8H2,1-3H3. The molecule has 2 heterocycles. The lowest BCUT2D eigenvalue weighted by Crippen LogP contribution is -2.60. The molecule has 7 heteroatoms. The van der Waals surface area contributed by atoms with E-state index in [1.165, 1.54) is 4.90 Å². The zero-order valence-corrected chi connectivity index (χ0v) is 12.0. The van der Waals surface area contributed by atoms with E-state index in [-0.39, 0.29) is 12.5 Å². The number of carbonyl (C=O) groups excluding carboxylic acids is 2. The molecule has 1 unspecified atom stereocenters. The van der Waals surface area contributed by atoms with Crippen molar-refractivity contribution in [1.29, 1.82) is 0 Å². The van der Waals surface area contributed by atoms with Crippen LogP contribution in [0.4, 0.5) is 13.6 Å². The van der Waals surface area contributed by atoms with Gasteiger partial charge in [-0.3, -0.25) is 4.79 Å². The summed E-state index contributed by atoms with van der Waals surface area (Å²) in [6.07, 6.45) is 0.0434. The Labute approximate surface area is 116 Å². The van der Waals surface area contributed by atoms with E-state index in [2.05, 4.69) is 0 Å². The minimum atomic E-state index is -2.75. The van der Waals surface area contributed by atoms with Gasteiger partial charge < -0.3 is 14.5 Å². The second kappa shape index (κ2) is 4.86. The van der Waals surface area contributed by atoms with E-state index in [1.807, 2.05) is 0 Å². The van der Waals surface area contributed by atoms with Crippen molar-refractivity contribution in [2.75, 3.05) is 26.2 Å². The van der Waals surface area contributed by atoms with Crippen LogP contribution in [0.5, 0.6) is 0 Å². The van der Waals surface area contributed by atoms with Crippen LogP contribution in [-0.4, -0.2) is 59.5 Å². The number of rotatable bonds is 1. The topological polar surface area (TPSA) is 49.9 Å². The predicted octanol–water partition coefficient (Wildman–Crippen LogP) is 1.72. The number of ether oxygens (including phenoxy) is 1. The molecule has 0 aromatic carbocycles. The average Bonchev–Trinajstić information content (AvgIpc) is 2.71. The fourth-order valence-corrected chi connectivity index (χ4v) is 2.38. The van der Waals surface area contributed by atoms with Crippen molar-refractivity contribution in [3.8, 4) is 0 Å². The lowest BCUT2D eigenvalue weighted by atomic mass is 10.0. The van der Waals surface area contributed by atoms with E-state index in [0.29, 0.717) is 13.0 Å². The zero-order chi connectivity index (χ0) is 15.1. The van der Waals surface area contributed by atoms with Crippen molar-refractivity contribution in [2.24, 2.45) is 5.92 Å². The number of carbonyl (C=O) groups is 2. The average molecular weight is 290 g/mol. The first-order valence-corrected chi connectivity index (χ1v) is 6.72. The monoisotopic (exact) mass is 290 g/mol.